The number of alkyl halides is 1. The molecule has 0 saturated heterocycles. The Labute approximate surface area is 104 Å². The first-order valence-electron chi connectivity index (χ1n) is 4.06. The average molecular weight is 271 g/mol. The Bertz CT molecular complexity index is 344. The summed E-state index contributed by atoms with van der Waals surface area (Å²) in [6.45, 7) is 2.06. The highest BCUT2D eigenvalue weighted by Gasteiger charge is 2.09. The number of nitrogens with zero attached hydrogens (tertiary/aromatic N) is 1. The fourth-order valence-corrected chi connectivity index (χ4v) is 1.41. The third-order valence-corrected chi connectivity index (χ3v) is 2.14. The molecule has 0 atom stereocenters. The SMILES string of the molecule is CCOC(=O)c1cnc(CCl)c(Cl)c1.Cl. The summed E-state index contributed by atoms with van der Waals surface area (Å²) in [5, 5.41) is 0.380. The van der Waals surface area contributed by atoms with E-state index in [2.05, 4.69) is 4.98 Å². The van der Waals surface area contributed by atoms with Crippen molar-refractivity contribution in [3.05, 3.63) is 28.5 Å². The molecule has 0 saturated carbocycles. The average Bonchev–Trinajstić information content (AvgIpc) is 2.18. The molecule has 0 aliphatic rings. The van der Waals surface area contributed by atoms with Gasteiger partial charge in [0, 0.05) is 6.20 Å². The van der Waals surface area contributed by atoms with Crippen molar-refractivity contribution in [1.82, 2.24) is 4.98 Å². The Morgan fingerprint density at radius 2 is 2.27 bits per heavy atom. The summed E-state index contributed by atoms with van der Waals surface area (Å²) >= 11 is 11.4. The smallest absolute Gasteiger partial charge is 0.339 e. The number of pyridine rings is 1. The molecule has 15 heavy (non-hydrogen) atoms. The molecule has 0 bridgehead atoms. The van der Waals surface area contributed by atoms with Gasteiger partial charge in [-0.25, -0.2) is 4.79 Å². The Kier molecular flexibility index (Phi) is 6.65. The molecule has 0 aliphatic heterocycles. The molecule has 0 fully saturated rings. The Hall–Kier alpha value is -0.510. The number of halogens is 3. The quantitative estimate of drug-likeness (QED) is 0.626. The Balaban J connectivity index is 0.00000196. The van der Waals surface area contributed by atoms with Crippen LogP contribution in [0.5, 0.6) is 0 Å². The van der Waals surface area contributed by atoms with Crippen molar-refractivity contribution in [2.75, 3.05) is 6.61 Å². The van der Waals surface area contributed by atoms with E-state index in [1.54, 1.807) is 6.92 Å². The first kappa shape index (κ1) is 14.5. The van der Waals surface area contributed by atoms with E-state index in [0.29, 0.717) is 22.9 Å². The van der Waals surface area contributed by atoms with Crippen LogP contribution in [0, 0.1) is 0 Å². The van der Waals surface area contributed by atoms with E-state index in [1.165, 1.54) is 12.3 Å². The summed E-state index contributed by atoms with van der Waals surface area (Å²) in [5.41, 5.74) is 0.895. The molecule has 3 nitrogen and oxygen atoms in total. The second kappa shape index (κ2) is 6.88. The van der Waals surface area contributed by atoms with Gasteiger partial charge in [0.1, 0.15) is 0 Å². The minimum atomic E-state index is -0.428. The molecule has 0 radical (unpaired) electrons. The van der Waals surface area contributed by atoms with E-state index in [-0.39, 0.29) is 18.3 Å². The van der Waals surface area contributed by atoms with Gasteiger partial charge in [0.15, 0.2) is 0 Å². The third kappa shape index (κ3) is 3.86. The molecular formula is C9H10Cl3NO2. The van der Waals surface area contributed by atoms with Gasteiger partial charge in [0.25, 0.3) is 0 Å². The van der Waals surface area contributed by atoms with Gasteiger partial charge < -0.3 is 4.74 Å². The first-order valence-corrected chi connectivity index (χ1v) is 4.97. The molecule has 0 unspecified atom stereocenters. The third-order valence-electron chi connectivity index (χ3n) is 1.56. The van der Waals surface area contributed by atoms with E-state index in [1.807, 2.05) is 0 Å². The van der Waals surface area contributed by atoms with Crippen molar-refractivity contribution in [3.8, 4) is 0 Å². The summed E-state index contributed by atoms with van der Waals surface area (Å²) in [7, 11) is 0. The topological polar surface area (TPSA) is 39.2 Å². The molecule has 6 heteroatoms. The van der Waals surface area contributed by atoms with Crippen LogP contribution in [0.1, 0.15) is 23.0 Å². The van der Waals surface area contributed by atoms with Gasteiger partial charge in [-0.3, -0.25) is 4.98 Å². The lowest BCUT2D eigenvalue weighted by molar-refractivity contribution is 0.0526. The summed E-state index contributed by atoms with van der Waals surface area (Å²) in [5.74, 6) is -0.204. The van der Waals surface area contributed by atoms with Gasteiger partial charge in [0.05, 0.1) is 28.8 Å². The Morgan fingerprint density at radius 3 is 2.73 bits per heavy atom. The van der Waals surface area contributed by atoms with E-state index in [4.69, 9.17) is 27.9 Å². The maximum Gasteiger partial charge on any atom is 0.339 e. The van der Waals surface area contributed by atoms with Crippen LogP contribution in [0.15, 0.2) is 12.3 Å². The minimum absolute atomic E-state index is 0. The van der Waals surface area contributed by atoms with Crippen LogP contribution in [0.2, 0.25) is 5.02 Å². The molecule has 1 rings (SSSR count). The van der Waals surface area contributed by atoms with Gasteiger partial charge in [-0.1, -0.05) is 11.6 Å². The zero-order valence-corrected chi connectivity index (χ0v) is 10.3. The summed E-state index contributed by atoms with van der Waals surface area (Å²) in [6.07, 6.45) is 1.40. The molecule has 0 amide bonds. The maximum atomic E-state index is 11.2. The van der Waals surface area contributed by atoms with Gasteiger partial charge >= 0.3 is 5.97 Å². The summed E-state index contributed by atoms with van der Waals surface area (Å²) in [4.78, 5) is 15.2. The number of hydrogen-bond acceptors (Lipinski definition) is 3. The fourth-order valence-electron chi connectivity index (χ4n) is 0.891. The molecule has 0 aromatic carbocycles. The van der Waals surface area contributed by atoms with Gasteiger partial charge in [-0.05, 0) is 13.0 Å². The minimum Gasteiger partial charge on any atom is -0.462 e. The predicted molar refractivity (Wildman–Crippen MR) is 62.0 cm³/mol. The number of carbonyl (C=O) groups excluding carboxylic acids is 1. The highest BCUT2D eigenvalue weighted by molar-refractivity contribution is 6.32. The van der Waals surface area contributed by atoms with Crippen LogP contribution in [0.25, 0.3) is 0 Å². The lowest BCUT2D eigenvalue weighted by Gasteiger charge is -2.03. The molecular weight excluding hydrogens is 260 g/mol. The van der Waals surface area contributed by atoms with Crippen LogP contribution in [-0.4, -0.2) is 17.6 Å². The molecule has 84 valence electrons. The van der Waals surface area contributed by atoms with E-state index in [9.17, 15) is 4.79 Å². The molecule has 1 aromatic heterocycles. The van der Waals surface area contributed by atoms with Crippen molar-refractivity contribution >= 4 is 41.6 Å². The monoisotopic (exact) mass is 269 g/mol. The molecule has 0 N–H and O–H groups in total. The highest BCUT2D eigenvalue weighted by atomic mass is 35.5. The predicted octanol–water partition coefficient (Wildman–Crippen LogP) is 3.07. The van der Waals surface area contributed by atoms with Crippen LogP contribution in [-0.2, 0) is 10.6 Å². The number of aromatic nitrogens is 1. The zero-order valence-electron chi connectivity index (χ0n) is 8.00. The molecule has 0 aliphatic carbocycles. The maximum absolute atomic E-state index is 11.2. The van der Waals surface area contributed by atoms with Gasteiger partial charge in [0.2, 0.25) is 0 Å². The van der Waals surface area contributed by atoms with Crippen LogP contribution in [0.4, 0.5) is 0 Å². The lowest BCUT2D eigenvalue weighted by Crippen LogP contribution is -2.05. The summed E-state index contributed by atoms with van der Waals surface area (Å²) < 4.78 is 4.79. The second-order valence-electron chi connectivity index (χ2n) is 2.51. The number of hydrogen-bond donors (Lipinski definition) is 0. The number of ether oxygens (including phenoxy) is 1. The number of carbonyl (C=O) groups is 1. The number of esters is 1. The summed E-state index contributed by atoms with van der Waals surface area (Å²) in [6, 6.07) is 1.50. The second-order valence-corrected chi connectivity index (χ2v) is 3.18. The Morgan fingerprint density at radius 1 is 1.60 bits per heavy atom. The number of rotatable bonds is 3. The van der Waals surface area contributed by atoms with Crippen LogP contribution >= 0.6 is 35.6 Å². The van der Waals surface area contributed by atoms with Gasteiger partial charge in [-0.15, -0.1) is 24.0 Å². The molecule has 0 spiro atoms. The van der Waals surface area contributed by atoms with Crippen LogP contribution in [0.3, 0.4) is 0 Å². The van der Waals surface area contributed by atoms with Crippen molar-refractivity contribution < 1.29 is 9.53 Å². The zero-order chi connectivity index (χ0) is 10.6. The lowest BCUT2D eigenvalue weighted by atomic mass is 10.2. The highest BCUT2D eigenvalue weighted by Crippen LogP contribution is 2.17. The van der Waals surface area contributed by atoms with Crippen LogP contribution < -0.4 is 0 Å². The normalized spacial score (nSPS) is 9.27. The first-order chi connectivity index (χ1) is 6.69. The molecule has 1 aromatic rings. The van der Waals surface area contributed by atoms with E-state index in [0.717, 1.165) is 0 Å². The van der Waals surface area contributed by atoms with Crippen molar-refractivity contribution in [2.45, 2.75) is 12.8 Å². The van der Waals surface area contributed by atoms with Crippen molar-refractivity contribution in [1.29, 1.82) is 0 Å². The molecule has 1 heterocycles. The standard InChI is InChI=1S/C9H9Cl2NO2.ClH/c1-2-14-9(13)6-3-7(11)8(4-10)12-5-6;/h3,5H,2,4H2,1H3;1H. The fraction of sp³-hybridized carbons (Fsp3) is 0.333. The van der Waals surface area contributed by atoms with E-state index >= 15 is 0 Å². The van der Waals surface area contributed by atoms with E-state index < -0.39 is 5.97 Å². The van der Waals surface area contributed by atoms with Gasteiger partial charge in [-0.2, -0.15) is 0 Å². The van der Waals surface area contributed by atoms with Crippen molar-refractivity contribution in [3.63, 3.8) is 0 Å². The van der Waals surface area contributed by atoms with Crippen molar-refractivity contribution in [2.24, 2.45) is 0 Å². The largest absolute Gasteiger partial charge is 0.462 e.